The number of ether oxygens (including phenoxy) is 1. The number of hydrogen-bond acceptors (Lipinski definition) is 1. The molecular weight excluding hydrogens is 210 g/mol. The van der Waals surface area contributed by atoms with E-state index >= 15 is 0 Å². The Kier molecular flexibility index (Phi) is 3.64. The van der Waals surface area contributed by atoms with E-state index in [-0.39, 0.29) is 0 Å². The Balaban J connectivity index is 2.02. The number of benzene rings is 1. The number of hydrogen-bond donors (Lipinski definition) is 0. The number of para-hydroxylation sites is 1. The molecule has 15 heavy (non-hydrogen) atoms. The maximum absolute atomic E-state index is 5.53. The summed E-state index contributed by atoms with van der Waals surface area (Å²) in [7, 11) is 0. The molecule has 0 unspecified atom stereocenters. The Hall–Kier alpha value is -0.990. The van der Waals surface area contributed by atoms with E-state index < -0.39 is 0 Å². The first kappa shape index (κ1) is 10.5. The maximum Gasteiger partial charge on any atom is 0.0646 e. The fourth-order valence-electron chi connectivity index (χ4n) is 1.66. The van der Waals surface area contributed by atoms with E-state index in [0.717, 1.165) is 6.54 Å². The fourth-order valence-corrected chi connectivity index (χ4v) is 1.76. The average molecular weight is 224 g/mol. The predicted molar refractivity (Wildman–Crippen MR) is 63.5 cm³/mol. The van der Waals surface area contributed by atoms with Crippen LogP contribution in [-0.4, -0.2) is 23.7 Å². The van der Waals surface area contributed by atoms with Gasteiger partial charge in [0.2, 0.25) is 0 Å². The maximum atomic E-state index is 5.53. The molecule has 0 N–H and O–H groups in total. The van der Waals surface area contributed by atoms with E-state index in [2.05, 4.69) is 41.1 Å². The second kappa shape index (κ2) is 5.19. The van der Waals surface area contributed by atoms with Gasteiger partial charge in [-0.1, -0.05) is 18.2 Å². The van der Waals surface area contributed by atoms with Gasteiger partial charge in [0, 0.05) is 24.1 Å². The third-order valence-electron chi connectivity index (χ3n) is 2.38. The van der Waals surface area contributed by atoms with Crippen LogP contribution < -0.4 is 0 Å². The van der Waals surface area contributed by atoms with Crippen molar-refractivity contribution in [2.24, 2.45) is 0 Å². The summed E-state index contributed by atoms with van der Waals surface area (Å²) in [6.07, 6.45) is 2.09. The van der Waals surface area contributed by atoms with Crippen LogP contribution in [-0.2, 0) is 11.3 Å². The summed E-state index contributed by atoms with van der Waals surface area (Å²) >= 11 is 5.53. The van der Waals surface area contributed by atoms with E-state index in [4.69, 9.17) is 16.3 Å². The smallest absolute Gasteiger partial charge is 0.0646 e. The van der Waals surface area contributed by atoms with Crippen molar-refractivity contribution in [2.75, 3.05) is 19.1 Å². The molecule has 1 aromatic heterocycles. The van der Waals surface area contributed by atoms with E-state index in [1.807, 2.05) is 0 Å². The molecule has 0 aliphatic rings. The van der Waals surface area contributed by atoms with Crippen molar-refractivity contribution in [1.29, 1.82) is 0 Å². The SMILES string of the molecule is ClCCOCCn1ccc2ccccc21. The minimum absolute atomic E-state index is 0.562. The second-order valence-electron chi connectivity index (χ2n) is 3.37. The molecule has 0 fully saturated rings. The Labute approximate surface area is 94.4 Å². The lowest BCUT2D eigenvalue weighted by atomic mass is 10.2. The van der Waals surface area contributed by atoms with Crippen LogP contribution in [0.3, 0.4) is 0 Å². The lowest BCUT2D eigenvalue weighted by Crippen LogP contribution is -2.06. The summed E-state index contributed by atoms with van der Waals surface area (Å²) < 4.78 is 7.55. The van der Waals surface area contributed by atoms with Gasteiger partial charge in [-0.3, -0.25) is 0 Å². The van der Waals surface area contributed by atoms with Crippen LogP contribution in [0.1, 0.15) is 0 Å². The van der Waals surface area contributed by atoms with Crippen LogP contribution in [0.5, 0.6) is 0 Å². The Morgan fingerprint density at radius 1 is 1.13 bits per heavy atom. The third kappa shape index (κ3) is 2.52. The molecular formula is C12H14ClNO. The summed E-state index contributed by atoms with van der Waals surface area (Å²) in [6, 6.07) is 10.5. The summed E-state index contributed by atoms with van der Waals surface area (Å²) in [5, 5.41) is 1.27. The number of alkyl halides is 1. The molecule has 0 aliphatic carbocycles. The van der Waals surface area contributed by atoms with Crippen molar-refractivity contribution < 1.29 is 4.74 Å². The molecule has 2 aromatic rings. The lowest BCUT2D eigenvalue weighted by molar-refractivity contribution is 0.141. The monoisotopic (exact) mass is 223 g/mol. The van der Waals surface area contributed by atoms with Crippen LogP contribution in [0.15, 0.2) is 36.5 Å². The number of halogens is 1. The molecule has 0 saturated heterocycles. The topological polar surface area (TPSA) is 14.2 Å². The zero-order valence-corrected chi connectivity index (χ0v) is 9.28. The first-order valence-electron chi connectivity index (χ1n) is 5.09. The molecule has 0 atom stereocenters. The molecule has 0 bridgehead atoms. The average Bonchev–Trinajstić information content (AvgIpc) is 2.68. The highest BCUT2D eigenvalue weighted by atomic mass is 35.5. The Morgan fingerprint density at radius 2 is 2.00 bits per heavy atom. The van der Waals surface area contributed by atoms with Crippen LogP contribution in [0.4, 0.5) is 0 Å². The molecule has 80 valence electrons. The molecule has 0 saturated carbocycles. The van der Waals surface area contributed by atoms with Gasteiger partial charge in [-0.15, -0.1) is 11.6 Å². The molecule has 1 aromatic carbocycles. The lowest BCUT2D eigenvalue weighted by Gasteiger charge is -2.05. The van der Waals surface area contributed by atoms with Crippen molar-refractivity contribution in [3.05, 3.63) is 36.5 Å². The first-order valence-corrected chi connectivity index (χ1v) is 5.63. The van der Waals surface area contributed by atoms with E-state index in [9.17, 15) is 0 Å². The van der Waals surface area contributed by atoms with Gasteiger partial charge in [0.1, 0.15) is 0 Å². The standard InChI is InChI=1S/C12H14ClNO/c13-6-9-15-10-8-14-7-5-11-3-1-2-4-12(11)14/h1-5,7H,6,8-10H2. The van der Waals surface area contributed by atoms with Crippen molar-refractivity contribution >= 4 is 22.5 Å². The number of aromatic nitrogens is 1. The highest BCUT2D eigenvalue weighted by Crippen LogP contribution is 2.14. The summed E-state index contributed by atoms with van der Waals surface area (Å²) in [6.45, 7) is 2.22. The van der Waals surface area contributed by atoms with Crippen molar-refractivity contribution in [1.82, 2.24) is 4.57 Å². The normalized spacial score (nSPS) is 11.0. The number of fused-ring (bicyclic) bond motifs is 1. The second-order valence-corrected chi connectivity index (χ2v) is 3.75. The van der Waals surface area contributed by atoms with Crippen molar-refractivity contribution in [3.8, 4) is 0 Å². The van der Waals surface area contributed by atoms with Crippen molar-refractivity contribution in [2.45, 2.75) is 6.54 Å². The van der Waals surface area contributed by atoms with E-state index in [1.54, 1.807) is 0 Å². The highest BCUT2D eigenvalue weighted by Gasteiger charge is 1.98. The highest BCUT2D eigenvalue weighted by molar-refractivity contribution is 6.17. The van der Waals surface area contributed by atoms with Gasteiger partial charge in [0.05, 0.1) is 13.2 Å². The van der Waals surface area contributed by atoms with Crippen LogP contribution in [0.25, 0.3) is 10.9 Å². The van der Waals surface area contributed by atoms with Gasteiger partial charge >= 0.3 is 0 Å². The van der Waals surface area contributed by atoms with Gasteiger partial charge in [-0.2, -0.15) is 0 Å². The predicted octanol–water partition coefficient (Wildman–Crippen LogP) is 2.90. The molecule has 1 heterocycles. The number of nitrogens with zero attached hydrogens (tertiary/aromatic N) is 1. The minimum Gasteiger partial charge on any atom is -0.378 e. The zero-order chi connectivity index (χ0) is 10.5. The molecule has 0 radical (unpaired) electrons. The van der Waals surface area contributed by atoms with Crippen LogP contribution >= 0.6 is 11.6 Å². The molecule has 0 aliphatic heterocycles. The van der Waals surface area contributed by atoms with Crippen LogP contribution in [0, 0.1) is 0 Å². The van der Waals surface area contributed by atoms with Crippen molar-refractivity contribution in [3.63, 3.8) is 0 Å². The first-order chi connectivity index (χ1) is 7.42. The van der Waals surface area contributed by atoms with E-state index in [0.29, 0.717) is 19.1 Å². The zero-order valence-electron chi connectivity index (χ0n) is 8.53. The molecule has 2 rings (SSSR count). The fraction of sp³-hybridized carbons (Fsp3) is 0.333. The minimum atomic E-state index is 0.562. The Morgan fingerprint density at radius 3 is 2.87 bits per heavy atom. The summed E-state index contributed by atoms with van der Waals surface area (Å²) in [4.78, 5) is 0. The van der Waals surface area contributed by atoms with Gasteiger partial charge in [-0.05, 0) is 17.5 Å². The molecule has 0 amide bonds. The van der Waals surface area contributed by atoms with Crippen LogP contribution in [0.2, 0.25) is 0 Å². The van der Waals surface area contributed by atoms with Gasteiger partial charge in [-0.25, -0.2) is 0 Å². The summed E-state index contributed by atoms with van der Waals surface area (Å²) in [5.74, 6) is 0.562. The quantitative estimate of drug-likeness (QED) is 0.562. The molecule has 3 heteroatoms. The van der Waals surface area contributed by atoms with Gasteiger partial charge in [0.15, 0.2) is 0 Å². The molecule has 2 nitrogen and oxygen atoms in total. The van der Waals surface area contributed by atoms with Gasteiger partial charge < -0.3 is 9.30 Å². The Bertz CT molecular complexity index is 424. The summed E-state index contributed by atoms with van der Waals surface area (Å²) in [5.41, 5.74) is 1.26. The third-order valence-corrected chi connectivity index (χ3v) is 2.53. The van der Waals surface area contributed by atoms with E-state index in [1.165, 1.54) is 10.9 Å². The van der Waals surface area contributed by atoms with Gasteiger partial charge in [0.25, 0.3) is 0 Å². The number of rotatable bonds is 5. The molecule has 0 spiro atoms. The largest absolute Gasteiger partial charge is 0.378 e.